The third kappa shape index (κ3) is 3.28. The van der Waals surface area contributed by atoms with E-state index < -0.39 is 0 Å². The van der Waals surface area contributed by atoms with Crippen LogP contribution in [0.3, 0.4) is 0 Å². The fourth-order valence-corrected chi connectivity index (χ4v) is 3.33. The third-order valence-electron chi connectivity index (χ3n) is 4.52. The van der Waals surface area contributed by atoms with Gasteiger partial charge >= 0.3 is 0 Å². The maximum Gasteiger partial charge on any atom is 0.266 e. The number of hydrogen-bond acceptors (Lipinski definition) is 3. The zero-order chi connectivity index (χ0) is 19.7. The third-order valence-corrected chi connectivity index (χ3v) is 4.76. The molecule has 0 saturated carbocycles. The molecule has 6 heteroatoms. The van der Waals surface area contributed by atoms with Crippen LogP contribution in [0.2, 0.25) is 5.02 Å². The van der Waals surface area contributed by atoms with Crippen LogP contribution in [0.5, 0.6) is 0 Å². The second-order valence-electron chi connectivity index (χ2n) is 6.35. The first kappa shape index (κ1) is 17.9. The molecule has 1 N–H and O–H groups in total. The zero-order valence-corrected chi connectivity index (χ0v) is 15.4. The zero-order valence-electron chi connectivity index (χ0n) is 14.7. The van der Waals surface area contributed by atoms with Crippen LogP contribution in [-0.4, -0.2) is 17.7 Å². The van der Waals surface area contributed by atoms with Crippen LogP contribution in [0.15, 0.2) is 72.8 Å². The summed E-state index contributed by atoms with van der Waals surface area (Å²) in [5, 5.41) is 3.43. The van der Waals surface area contributed by atoms with Crippen molar-refractivity contribution in [1.29, 1.82) is 0 Å². The molecule has 0 bridgehead atoms. The van der Waals surface area contributed by atoms with Crippen LogP contribution >= 0.6 is 11.6 Å². The molecule has 1 aliphatic heterocycles. The molecule has 1 aliphatic rings. The lowest BCUT2D eigenvalue weighted by atomic mass is 10.1. The fourth-order valence-electron chi connectivity index (χ4n) is 3.12. The van der Waals surface area contributed by atoms with E-state index in [0.29, 0.717) is 33.9 Å². The summed E-state index contributed by atoms with van der Waals surface area (Å²) in [6, 6.07) is 20.3. The Morgan fingerprint density at radius 1 is 0.857 bits per heavy atom. The van der Waals surface area contributed by atoms with Crippen molar-refractivity contribution in [2.75, 3.05) is 4.90 Å². The van der Waals surface area contributed by atoms with E-state index in [1.807, 2.05) is 12.1 Å². The van der Waals surface area contributed by atoms with Gasteiger partial charge in [-0.15, -0.1) is 0 Å². The molecule has 5 nitrogen and oxygen atoms in total. The Balaban J connectivity index is 1.48. The van der Waals surface area contributed by atoms with Gasteiger partial charge < -0.3 is 5.32 Å². The normalized spacial score (nSPS) is 12.8. The van der Waals surface area contributed by atoms with E-state index >= 15 is 0 Å². The summed E-state index contributed by atoms with van der Waals surface area (Å²) in [4.78, 5) is 38.5. The molecule has 138 valence electrons. The summed E-state index contributed by atoms with van der Waals surface area (Å²) < 4.78 is 0. The van der Waals surface area contributed by atoms with Crippen molar-refractivity contribution in [3.8, 4) is 0 Å². The molecule has 3 amide bonds. The summed E-state index contributed by atoms with van der Waals surface area (Å²) >= 11 is 5.94. The van der Waals surface area contributed by atoms with Gasteiger partial charge in [0, 0.05) is 17.1 Å². The number of benzene rings is 3. The Kier molecular flexibility index (Phi) is 4.67. The number of carbonyl (C=O) groups is 3. The van der Waals surface area contributed by atoms with Crippen molar-refractivity contribution in [2.45, 2.75) is 6.54 Å². The molecule has 28 heavy (non-hydrogen) atoms. The van der Waals surface area contributed by atoms with Gasteiger partial charge in [0.2, 0.25) is 0 Å². The number of nitrogens with zero attached hydrogens (tertiary/aromatic N) is 1. The summed E-state index contributed by atoms with van der Waals surface area (Å²) in [5.41, 5.74) is 2.52. The Hall–Kier alpha value is -3.44. The summed E-state index contributed by atoms with van der Waals surface area (Å²) in [7, 11) is 0. The monoisotopic (exact) mass is 390 g/mol. The van der Waals surface area contributed by atoms with Gasteiger partial charge in [-0.3, -0.25) is 14.4 Å². The Morgan fingerprint density at radius 2 is 1.50 bits per heavy atom. The van der Waals surface area contributed by atoms with Gasteiger partial charge in [0.25, 0.3) is 17.7 Å². The van der Waals surface area contributed by atoms with Gasteiger partial charge in [0.05, 0.1) is 16.8 Å². The van der Waals surface area contributed by atoms with Crippen molar-refractivity contribution in [2.24, 2.45) is 0 Å². The first-order chi connectivity index (χ1) is 13.5. The molecule has 0 fully saturated rings. The minimum atomic E-state index is -0.362. The van der Waals surface area contributed by atoms with E-state index in [2.05, 4.69) is 5.32 Å². The van der Waals surface area contributed by atoms with E-state index in [9.17, 15) is 14.4 Å². The van der Waals surface area contributed by atoms with Crippen LogP contribution in [0.1, 0.15) is 36.6 Å². The van der Waals surface area contributed by atoms with E-state index in [1.165, 1.54) is 0 Å². The number of fused-ring (bicyclic) bond motifs is 1. The van der Waals surface area contributed by atoms with Crippen LogP contribution in [0, 0.1) is 0 Å². The van der Waals surface area contributed by atoms with Crippen molar-refractivity contribution in [3.05, 3.63) is 100 Å². The molecule has 0 aromatic heterocycles. The number of carbonyl (C=O) groups excluding carboxylic acids is 3. The Labute approximate surface area is 166 Å². The van der Waals surface area contributed by atoms with Crippen LogP contribution in [-0.2, 0) is 6.54 Å². The average Bonchev–Trinajstić information content (AvgIpc) is 2.97. The molecule has 3 aromatic carbocycles. The van der Waals surface area contributed by atoms with E-state index in [0.717, 1.165) is 10.5 Å². The molecular formula is C22H15ClN2O3. The highest BCUT2D eigenvalue weighted by molar-refractivity contribution is 6.34. The molecule has 4 rings (SSSR count). The number of nitrogens with one attached hydrogen (secondary N) is 1. The smallest absolute Gasteiger partial charge is 0.266 e. The van der Waals surface area contributed by atoms with Crippen molar-refractivity contribution in [3.63, 3.8) is 0 Å². The molecule has 3 aromatic rings. The lowest BCUT2D eigenvalue weighted by Gasteiger charge is -2.14. The van der Waals surface area contributed by atoms with E-state index in [-0.39, 0.29) is 17.7 Å². The molecule has 0 spiro atoms. The molecule has 0 saturated heterocycles. The minimum absolute atomic E-state index is 0.256. The molecule has 1 heterocycles. The van der Waals surface area contributed by atoms with Crippen molar-refractivity contribution < 1.29 is 14.4 Å². The SMILES string of the molecule is O=C(NCc1cccc(Cl)c1)c1ccc(N2C(=O)c3ccccc3C2=O)cc1. The van der Waals surface area contributed by atoms with E-state index in [1.54, 1.807) is 60.7 Å². The number of hydrogen-bond donors (Lipinski definition) is 1. The van der Waals surface area contributed by atoms with Crippen molar-refractivity contribution in [1.82, 2.24) is 5.32 Å². The predicted octanol–water partition coefficient (Wildman–Crippen LogP) is 4.07. The lowest BCUT2D eigenvalue weighted by molar-refractivity contribution is 0.0923. The molecule has 0 unspecified atom stereocenters. The van der Waals surface area contributed by atoms with Gasteiger partial charge in [-0.2, -0.15) is 0 Å². The average molecular weight is 391 g/mol. The molecule has 0 radical (unpaired) electrons. The molecule has 0 aliphatic carbocycles. The Bertz CT molecular complexity index is 1060. The first-order valence-corrected chi connectivity index (χ1v) is 9.03. The summed E-state index contributed by atoms with van der Waals surface area (Å²) in [6.45, 7) is 0.347. The highest BCUT2D eigenvalue weighted by atomic mass is 35.5. The Morgan fingerprint density at radius 3 is 2.11 bits per heavy atom. The van der Waals surface area contributed by atoms with Crippen LogP contribution in [0.25, 0.3) is 0 Å². The van der Waals surface area contributed by atoms with Crippen LogP contribution < -0.4 is 10.2 Å². The first-order valence-electron chi connectivity index (χ1n) is 8.65. The number of rotatable bonds is 4. The molecule has 0 atom stereocenters. The van der Waals surface area contributed by atoms with E-state index in [4.69, 9.17) is 11.6 Å². The number of halogens is 1. The fraction of sp³-hybridized carbons (Fsp3) is 0.0455. The maximum absolute atomic E-state index is 12.5. The largest absolute Gasteiger partial charge is 0.348 e. The number of anilines is 1. The number of amides is 3. The van der Waals surface area contributed by atoms with Crippen LogP contribution in [0.4, 0.5) is 5.69 Å². The standard InChI is InChI=1S/C22H15ClN2O3/c23-16-5-3-4-14(12-16)13-24-20(26)15-8-10-17(11-9-15)25-21(27)18-6-1-2-7-19(18)22(25)28/h1-12H,13H2,(H,24,26). The van der Waals surface area contributed by atoms with Gasteiger partial charge in [0.15, 0.2) is 0 Å². The lowest BCUT2D eigenvalue weighted by Crippen LogP contribution is -2.29. The quantitative estimate of drug-likeness (QED) is 0.683. The van der Waals surface area contributed by atoms with Crippen molar-refractivity contribution >= 4 is 35.0 Å². The van der Waals surface area contributed by atoms with Gasteiger partial charge in [-0.25, -0.2) is 4.90 Å². The van der Waals surface area contributed by atoms with Gasteiger partial charge in [0.1, 0.15) is 0 Å². The maximum atomic E-state index is 12.5. The predicted molar refractivity (Wildman–Crippen MR) is 107 cm³/mol. The molecular weight excluding hydrogens is 376 g/mol. The number of imide groups is 1. The second-order valence-corrected chi connectivity index (χ2v) is 6.79. The highest BCUT2D eigenvalue weighted by Crippen LogP contribution is 2.28. The van der Waals surface area contributed by atoms with Gasteiger partial charge in [-0.05, 0) is 54.1 Å². The highest BCUT2D eigenvalue weighted by Gasteiger charge is 2.36. The topological polar surface area (TPSA) is 66.5 Å². The summed E-state index contributed by atoms with van der Waals surface area (Å²) in [6.07, 6.45) is 0. The second kappa shape index (κ2) is 7.29. The summed E-state index contributed by atoms with van der Waals surface area (Å²) in [5.74, 6) is -0.980. The van der Waals surface area contributed by atoms with Gasteiger partial charge in [-0.1, -0.05) is 35.9 Å². The minimum Gasteiger partial charge on any atom is -0.348 e.